The molecule has 1 saturated heterocycles. The Morgan fingerprint density at radius 1 is 1.48 bits per heavy atom. The van der Waals surface area contributed by atoms with Crippen molar-refractivity contribution in [2.24, 2.45) is 0 Å². The number of aromatic nitrogens is 1. The van der Waals surface area contributed by atoms with Crippen molar-refractivity contribution < 1.29 is 18.5 Å². The number of nitrogens with zero attached hydrogens (tertiary/aromatic N) is 2. The molecule has 7 heteroatoms. The van der Waals surface area contributed by atoms with Gasteiger partial charge >= 0.3 is 0 Å². The molecule has 0 aliphatic carbocycles. The maximum absolute atomic E-state index is 13.3. The fourth-order valence-corrected chi connectivity index (χ4v) is 3.00. The van der Waals surface area contributed by atoms with Crippen LogP contribution >= 0.6 is 0 Å². The first-order chi connectivity index (χ1) is 12.1. The second kappa shape index (κ2) is 7.46. The lowest BCUT2D eigenvalue weighted by Crippen LogP contribution is -2.37. The number of carbonyl (C=O) groups is 2. The van der Waals surface area contributed by atoms with Gasteiger partial charge in [0.1, 0.15) is 17.1 Å². The van der Waals surface area contributed by atoms with E-state index in [1.54, 1.807) is 17.0 Å². The van der Waals surface area contributed by atoms with Crippen molar-refractivity contribution in [2.45, 2.75) is 38.8 Å². The smallest absolute Gasteiger partial charge is 0.256 e. The number of nitrogens with one attached hydrogen (secondary N) is 1. The van der Waals surface area contributed by atoms with E-state index in [1.807, 2.05) is 6.92 Å². The van der Waals surface area contributed by atoms with Crippen molar-refractivity contribution in [3.8, 4) is 0 Å². The van der Waals surface area contributed by atoms with Gasteiger partial charge in [0.15, 0.2) is 0 Å². The van der Waals surface area contributed by atoms with E-state index in [9.17, 15) is 14.0 Å². The maximum atomic E-state index is 13.3. The van der Waals surface area contributed by atoms with Gasteiger partial charge in [-0.25, -0.2) is 4.39 Å². The molecule has 1 fully saturated rings. The Labute approximate surface area is 145 Å². The van der Waals surface area contributed by atoms with Gasteiger partial charge in [0.25, 0.3) is 5.91 Å². The van der Waals surface area contributed by atoms with Crippen LogP contribution in [0.1, 0.15) is 41.4 Å². The lowest BCUT2D eigenvalue weighted by Gasteiger charge is -2.17. The SMILES string of the molecule is CCCc1oncc1C(=O)N[C@H]1CC(=O)N(Cc2cccc(F)c2)C1. The number of aryl methyl sites for hydroxylation is 1. The fraction of sp³-hybridized carbons (Fsp3) is 0.389. The third-order valence-corrected chi connectivity index (χ3v) is 4.18. The Balaban J connectivity index is 1.60. The zero-order chi connectivity index (χ0) is 17.8. The van der Waals surface area contributed by atoms with Crippen LogP contribution in [0, 0.1) is 5.82 Å². The summed E-state index contributed by atoms with van der Waals surface area (Å²) >= 11 is 0. The van der Waals surface area contributed by atoms with Gasteiger partial charge < -0.3 is 14.7 Å². The van der Waals surface area contributed by atoms with Crippen LogP contribution in [0.25, 0.3) is 0 Å². The summed E-state index contributed by atoms with van der Waals surface area (Å²) in [7, 11) is 0. The highest BCUT2D eigenvalue weighted by Gasteiger charge is 2.31. The molecule has 0 unspecified atom stereocenters. The standard InChI is InChI=1S/C18H20FN3O3/c1-2-4-16-15(9-20-25-16)18(24)21-14-8-17(23)22(11-14)10-12-5-3-6-13(19)7-12/h3,5-7,9,14H,2,4,8,10-11H2,1H3,(H,21,24)/t14-/m0/s1. The van der Waals surface area contributed by atoms with Gasteiger partial charge in [-0.3, -0.25) is 9.59 Å². The molecule has 3 rings (SSSR count). The summed E-state index contributed by atoms with van der Waals surface area (Å²) in [5.74, 6) is -0.116. The number of benzene rings is 1. The minimum absolute atomic E-state index is 0.0614. The number of hydrogen-bond acceptors (Lipinski definition) is 4. The van der Waals surface area contributed by atoms with Crippen molar-refractivity contribution >= 4 is 11.8 Å². The molecule has 2 amide bonds. The first-order valence-corrected chi connectivity index (χ1v) is 8.33. The Bertz CT molecular complexity index is 774. The van der Waals surface area contributed by atoms with Crippen LogP contribution in [0.4, 0.5) is 4.39 Å². The second-order valence-electron chi connectivity index (χ2n) is 6.19. The molecule has 0 spiro atoms. The zero-order valence-electron chi connectivity index (χ0n) is 14.0. The average molecular weight is 345 g/mol. The lowest BCUT2D eigenvalue weighted by molar-refractivity contribution is -0.128. The predicted octanol–water partition coefficient (Wildman–Crippen LogP) is 2.30. The highest BCUT2D eigenvalue weighted by molar-refractivity contribution is 5.95. The molecule has 0 saturated carbocycles. The zero-order valence-corrected chi connectivity index (χ0v) is 14.0. The van der Waals surface area contributed by atoms with Crippen molar-refractivity contribution in [3.63, 3.8) is 0 Å². The van der Waals surface area contributed by atoms with E-state index >= 15 is 0 Å². The number of rotatable bonds is 6. The number of likely N-dealkylation sites (tertiary alicyclic amines) is 1. The van der Waals surface area contributed by atoms with Crippen LogP contribution in [0.5, 0.6) is 0 Å². The van der Waals surface area contributed by atoms with Crippen molar-refractivity contribution in [3.05, 3.63) is 53.2 Å². The highest BCUT2D eigenvalue weighted by Crippen LogP contribution is 2.17. The summed E-state index contributed by atoms with van der Waals surface area (Å²) in [5, 5.41) is 6.54. The van der Waals surface area contributed by atoms with Crippen LogP contribution in [0.15, 0.2) is 35.0 Å². The van der Waals surface area contributed by atoms with E-state index in [0.29, 0.717) is 30.8 Å². The molecular weight excluding hydrogens is 325 g/mol. The summed E-state index contributed by atoms with van der Waals surface area (Å²) in [6, 6.07) is 5.89. The third-order valence-electron chi connectivity index (χ3n) is 4.18. The largest absolute Gasteiger partial charge is 0.361 e. The summed E-state index contributed by atoms with van der Waals surface area (Å²) in [6.45, 7) is 2.72. The summed E-state index contributed by atoms with van der Waals surface area (Å²) in [5.41, 5.74) is 1.14. The molecule has 1 aromatic carbocycles. The predicted molar refractivity (Wildman–Crippen MR) is 88.2 cm³/mol. The van der Waals surface area contributed by atoms with Crippen LogP contribution < -0.4 is 5.32 Å². The Hall–Kier alpha value is -2.70. The molecule has 1 aliphatic heterocycles. The van der Waals surface area contributed by atoms with E-state index in [2.05, 4.69) is 10.5 Å². The summed E-state index contributed by atoms with van der Waals surface area (Å²) in [4.78, 5) is 26.2. The highest BCUT2D eigenvalue weighted by atomic mass is 19.1. The van der Waals surface area contributed by atoms with Crippen molar-refractivity contribution in [1.82, 2.24) is 15.4 Å². The molecule has 1 atom stereocenters. The van der Waals surface area contributed by atoms with E-state index < -0.39 is 0 Å². The van der Waals surface area contributed by atoms with Crippen LogP contribution in [-0.4, -0.2) is 34.5 Å². The monoisotopic (exact) mass is 345 g/mol. The van der Waals surface area contributed by atoms with Gasteiger partial charge in [-0.2, -0.15) is 0 Å². The second-order valence-corrected chi connectivity index (χ2v) is 6.19. The Morgan fingerprint density at radius 3 is 3.08 bits per heavy atom. The van der Waals surface area contributed by atoms with Gasteiger partial charge in [0.2, 0.25) is 5.91 Å². The molecule has 0 bridgehead atoms. The van der Waals surface area contributed by atoms with E-state index in [0.717, 1.165) is 12.0 Å². The first kappa shape index (κ1) is 17.1. The Morgan fingerprint density at radius 2 is 2.32 bits per heavy atom. The van der Waals surface area contributed by atoms with E-state index in [1.165, 1.54) is 18.3 Å². The molecule has 132 valence electrons. The number of amides is 2. The van der Waals surface area contributed by atoms with Gasteiger partial charge in [-0.15, -0.1) is 0 Å². The molecule has 1 aliphatic rings. The van der Waals surface area contributed by atoms with Gasteiger partial charge in [-0.05, 0) is 24.1 Å². The van der Waals surface area contributed by atoms with Crippen LogP contribution in [0.2, 0.25) is 0 Å². The normalized spacial score (nSPS) is 17.1. The molecule has 2 aromatic rings. The number of carbonyl (C=O) groups excluding carboxylic acids is 2. The molecule has 1 N–H and O–H groups in total. The number of hydrogen-bond donors (Lipinski definition) is 1. The molecular formula is C18H20FN3O3. The van der Waals surface area contributed by atoms with E-state index in [4.69, 9.17) is 4.52 Å². The van der Waals surface area contributed by atoms with Gasteiger partial charge in [-0.1, -0.05) is 24.2 Å². The molecule has 25 heavy (non-hydrogen) atoms. The maximum Gasteiger partial charge on any atom is 0.256 e. The molecule has 0 radical (unpaired) electrons. The Kier molecular flexibility index (Phi) is 5.11. The lowest BCUT2D eigenvalue weighted by atomic mass is 10.1. The quantitative estimate of drug-likeness (QED) is 0.872. The summed E-state index contributed by atoms with van der Waals surface area (Å²) < 4.78 is 18.4. The van der Waals surface area contributed by atoms with Crippen LogP contribution in [-0.2, 0) is 17.8 Å². The molecule has 1 aromatic heterocycles. The van der Waals surface area contributed by atoms with Gasteiger partial charge in [0, 0.05) is 25.9 Å². The number of halogens is 1. The minimum Gasteiger partial charge on any atom is -0.361 e. The van der Waals surface area contributed by atoms with Crippen molar-refractivity contribution in [2.75, 3.05) is 6.54 Å². The average Bonchev–Trinajstić information content (AvgIpc) is 3.15. The molecule has 6 nitrogen and oxygen atoms in total. The topological polar surface area (TPSA) is 75.4 Å². The van der Waals surface area contributed by atoms with E-state index in [-0.39, 0.29) is 30.1 Å². The van der Waals surface area contributed by atoms with Gasteiger partial charge in [0.05, 0.1) is 12.2 Å². The van der Waals surface area contributed by atoms with Crippen molar-refractivity contribution in [1.29, 1.82) is 0 Å². The first-order valence-electron chi connectivity index (χ1n) is 8.33. The third kappa shape index (κ3) is 4.04. The molecule has 2 heterocycles. The summed E-state index contributed by atoms with van der Waals surface area (Å²) in [6.07, 6.45) is 3.12. The van der Waals surface area contributed by atoms with Crippen LogP contribution in [0.3, 0.4) is 0 Å². The fourth-order valence-electron chi connectivity index (χ4n) is 3.00. The minimum atomic E-state index is -0.329.